The van der Waals surface area contributed by atoms with Crippen LogP contribution in [0.1, 0.15) is 12.5 Å². The van der Waals surface area contributed by atoms with Crippen LogP contribution in [0.25, 0.3) is 6.08 Å². The quantitative estimate of drug-likeness (QED) is 0.865. The number of hydrogen-bond donors (Lipinski definition) is 1. The molecule has 102 valence electrons. The molecule has 3 nitrogen and oxygen atoms in total. The van der Waals surface area contributed by atoms with Gasteiger partial charge in [-0.2, -0.15) is 11.8 Å². The molecule has 0 amide bonds. The molecular weight excluding hydrogens is 265 g/mol. The molecule has 1 atom stereocenters. The minimum absolute atomic E-state index is 0.354. The largest absolute Gasteiger partial charge is 0.478 e. The summed E-state index contributed by atoms with van der Waals surface area (Å²) in [7, 11) is 0. The number of carboxylic acids is 1. The van der Waals surface area contributed by atoms with Gasteiger partial charge in [0, 0.05) is 41.4 Å². The number of carboxylic acid groups (broad SMARTS) is 1. The zero-order valence-corrected chi connectivity index (χ0v) is 11.5. The van der Waals surface area contributed by atoms with E-state index in [-0.39, 0.29) is 5.82 Å². The third kappa shape index (κ3) is 3.50. The van der Waals surface area contributed by atoms with E-state index in [1.165, 1.54) is 18.2 Å². The molecule has 1 aromatic rings. The first-order valence-electron chi connectivity index (χ1n) is 6.13. The van der Waals surface area contributed by atoms with Gasteiger partial charge < -0.3 is 10.0 Å². The maximum Gasteiger partial charge on any atom is 0.328 e. The summed E-state index contributed by atoms with van der Waals surface area (Å²) in [5.74, 6) is 0.675. The zero-order valence-electron chi connectivity index (χ0n) is 10.7. The van der Waals surface area contributed by atoms with Crippen molar-refractivity contribution in [1.82, 2.24) is 0 Å². The molecule has 0 aromatic heterocycles. The highest BCUT2D eigenvalue weighted by Gasteiger charge is 2.20. The minimum atomic E-state index is -1.03. The Morgan fingerprint density at radius 2 is 2.37 bits per heavy atom. The normalized spacial score (nSPS) is 19.9. The van der Waals surface area contributed by atoms with E-state index >= 15 is 0 Å². The van der Waals surface area contributed by atoms with Crippen LogP contribution in [-0.4, -0.2) is 35.2 Å². The van der Waals surface area contributed by atoms with Gasteiger partial charge in [0.2, 0.25) is 0 Å². The molecule has 0 aliphatic carbocycles. The number of aliphatic carboxylic acids is 1. The maximum atomic E-state index is 13.3. The summed E-state index contributed by atoms with van der Waals surface area (Å²) in [5.41, 5.74) is 1.51. The van der Waals surface area contributed by atoms with E-state index in [2.05, 4.69) is 11.8 Å². The number of nitrogens with zero attached hydrogens (tertiary/aromatic N) is 1. The average Bonchev–Trinajstić information content (AvgIpc) is 2.37. The van der Waals surface area contributed by atoms with Crippen molar-refractivity contribution in [2.75, 3.05) is 23.0 Å². The fourth-order valence-corrected chi connectivity index (χ4v) is 3.18. The topological polar surface area (TPSA) is 40.5 Å². The lowest BCUT2D eigenvalue weighted by Crippen LogP contribution is -2.40. The van der Waals surface area contributed by atoms with Gasteiger partial charge in [-0.05, 0) is 31.2 Å². The van der Waals surface area contributed by atoms with Gasteiger partial charge in [-0.3, -0.25) is 0 Å². The summed E-state index contributed by atoms with van der Waals surface area (Å²) in [6.45, 7) is 3.02. The highest BCUT2D eigenvalue weighted by atomic mass is 32.2. The predicted octanol–water partition coefficient (Wildman–Crippen LogP) is 2.87. The molecule has 2 rings (SSSR count). The van der Waals surface area contributed by atoms with Crippen LogP contribution in [0.5, 0.6) is 0 Å². The summed E-state index contributed by atoms with van der Waals surface area (Å²) in [4.78, 5) is 12.8. The number of halogens is 1. The first-order valence-corrected chi connectivity index (χ1v) is 7.28. The number of thioether (sulfide) groups is 1. The van der Waals surface area contributed by atoms with Crippen LogP contribution in [0.3, 0.4) is 0 Å². The van der Waals surface area contributed by atoms with Crippen molar-refractivity contribution < 1.29 is 14.3 Å². The summed E-state index contributed by atoms with van der Waals surface area (Å²) < 4.78 is 13.3. The van der Waals surface area contributed by atoms with Gasteiger partial charge >= 0.3 is 5.97 Å². The fourth-order valence-electron chi connectivity index (χ4n) is 2.17. The van der Waals surface area contributed by atoms with Gasteiger partial charge in [-0.15, -0.1) is 0 Å². The van der Waals surface area contributed by atoms with Crippen LogP contribution in [0, 0.1) is 5.82 Å². The highest BCUT2D eigenvalue weighted by Crippen LogP contribution is 2.28. The number of anilines is 1. The van der Waals surface area contributed by atoms with Gasteiger partial charge in [0.25, 0.3) is 0 Å². The Labute approximate surface area is 116 Å². The summed E-state index contributed by atoms with van der Waals surface area (Å²) in [5, 5.41) is 8.70. The lowest BCUT2D eigenvalue weighted by atomic mass is 10.1. The van der Waals surface area contributed by atoms with E-state index in [9.17, 15) is 9.18 Å². The molecule has 1 unspecified atom stereocenters. The standard InChI is InChI=1S/C14H16FNO2S/c1-10-9-19-7-6-16(10)13-4-3-12(15)8-11(13)2-5-14(17)18/h2-5,8,10H,6-7,9H2,1H3,(H,17,18). The predicted molar refractivity (Wildman–Crippen MR) is 77.2 cm³/mol. The molecule has 1 saturated heterocycles. The molecule has 1 aliphatic rings. The first kappa shape index (κ1) is 13.9. The molecule has 5 heteroatoms. The van der Waals surface area contributed by atoms with Crippen molar-refractivity contribution in [3.05, 3.63) is 35.7 Å². The van der Waals surface area contributed by atoms with E-state index in [0.29, 0.717) is 11.6 Å². The second-order valence-corrected chi connectivity index (χ2v) is 5.64. The molecule has 0 bridgehead atoms. The van der Waals surface area contributed by atoms with Crippen LogP contribution in [-0.2, 0) is 4.79 Å². The Balaban J connectivity index is 2.35. The molecule has 1 aromatic carbocycles. The third-order valence-corrected chi connectivity index (χ3v) is 4.26. The fraction of sp³-hybridized carbons (Fsp3) is 0.357. The number of hydrogen-bond acceptors (Lipinski definition) is 3. The molecule has 0 radical (unpaired) electrons. The number of benzene rings is 1. The Morgan fingerprint density at radius 1 is 1.58 bits per heavy atom. The maximum absolute atomic E-state index is 13.3. The average molecular weight is 281 g/mol. The zero-order chi connectivity index (χ0) is 13.8. The van der Waals surface area contributed by atoms with Gasteiger partial charge in [0.1, 0.15) is 5.82 Å². The highest BCUT2D eigenvalue weighted by molar-refractivity contribution is 7.99. The van der Waals surface area contributed by atoms with Gasteiger partial charge in [-0.25, -0.2) is 9.18 Å². The van der Waals surface area contributed by atoms with Crippen molar-refractivity contribution in [1.29, 1.82) is 0 Å². The van der Waals surface area contributed by atoms with Crippen molar-refractivity contribution >= 4 is 29.5 Å². The van der Waals surface area contributed by atoms with Gasteiger partial charge in [0.15, 0.2) is 0 Å². The Morgan fingerprint density at radius 3 is 3.05 bits per heavy atom. The second-order valence-electron chi connectivity index (χ2n) is 4.49. The molecule has 1 heterocycles. The van der Waals surface area contributed by atoms with Crippen molar-refractivity contribution in [3.63, 3.8) is 0 Å². The third-order valence-electron chi connectivity index (χ3n) is 3.07. The molecule has 1 N–H and O–H groups in total. The van der Waals surface area contributed by atoms with Crippen LogP contribution in [0.2, 0.25) is 0 Å². The Bertz CT molecular complexity index is 504. The van der Waals surface area contributed by atoms with E-state index < -0.39 is 5.97 Å². The van der Waals surface area contributed by atoms with E-state index in [4.69, 9.17) is 5.11 Å². The summed E-state index contributed by atoms with van der Waals surface area (Å²) >= 11 is 1.90. The lowest BCUT2D eigenvalue weighted by Gasteiger charge is -2.36. The summed E-state index contributed by atoms with van der Waals surface area (Å²) in [6.07, 6.45) is 2.50. The molecule has 1 fully saturated rings. The first-order chi connectivity index (χ1) is 9.08. The van der Waals surface area contributed by atoms with Crippen molar-refractivity contribution in [2.45, 2.75) is 13.0 Å². The SMILES string of the molecule is CC1CSCCN1c1ccc(F)cc1C=CC(=O)O. The van der Waals surface area contributed by atoms with Crippen molar-refractivity contribution in [2.24, 2.45) is 0 Å². The van der Waals surface area contributed by atoms with Crippen LogP contribution in [0.4, 0.5) is 10.1 Å². The number of rotatable bonds is 3. The number of carbonyl (C=O) groups is 1. The van der Waals surface area contributed by atoms with Crippen LogP contribution >= 0.6 is 11.8 Å². The molecule has 1 aliphatic heterocycles. The van der Waals surface area contributed by atoms with E-state index in [1.807, 2.05) is 11.8 Å². The molecule has 19 heavy (non-hydrogen) atoms. The smallest absolute Gasteiger partial charge is 0.328 e. The van der Waals surface area contributed by atoms with Crippen molar-refractivity contribution in [3.8, 4) is 0 Å². The molecule has 0 saturated carbocycles. The van der Waals surface area contributed by atoms with Gasteiger partial charge in [-0.1, -0.05) is 0 Å². The minimum Gasteiger partial charge on any atom is -0.478 e. The van der Waals surface area contributed by atoms with E-state index in [0.717, 1.165) is 29.8 Å². The Kier molecular flexibility index (Phi) is 4.47. The van der Waals surface area contributed by atoms with Crippen LogP contribution in [0.15, 0.2) is 24.3 Å². The lowest BCUT2D eigenvalue weighted by molar-refractivity contribution is -0.131. The molecular formula is C14H16FNO2S. The second kappa shape index (κ2) is 6.10. The Hall–Kier alpha value is -1.49. The van der Waals surface area contributed by atoms with Gasteiger partial charge in [0.05, 0.1) is 0 Å². The van der Waals surface area contributed by atoms with Crippen LogP contribution < -0.4 is 4.90 Å². The summed E-state index contributed by atoms with van der Waals surface area (Å²) in [6, 6.07) is 4.88. The van der Waals surface area contributed by atoms with E-state index in [1.54, 1.807) is 6.07 Å². The molecule has 0 spiro atoms. The monoisotopic (exact) mass is 281 g/mol.